The molecule has 0 aliphatic carbocycles. The van der Waals surface area contributed by atoms with Crippen molar-refractivity contribution >= 4 is 66.0 Å². The molecule has 0 aromatic rings. The molecule has 1 rings (SSSR count). The number of nitrogens with two attached hydrogens (primary N) is 2. The molecule has 1 aliphatic heterocycles. The predicted molar refractivity (Wildman–Crippen MR) is 39.6 cm³/mol. The van der Waals surface area contributed by atoms with E-state index >= 15 is 0 Å². The van der Waals surface area contributed by atoms with Crippen LogP contribution in [0.25, 0.3) is 0 Å². The normalized spacial score (nSPS) is 22.4. The summed E-state index contributed by atoms with van der Waals surface area (Å²) >= 11 is 4.45. The average Bonchev–Trinajstić information content (AvgIpc) is 2.26. The van der Waals surface area contributed by atoms with Crippen molar-refractivity contribution in [3.05, 3.63) is 0 Å². The fourth-order valence-electron chi connectivity index (χ4n) is 0.0481. The molecule has 0 unspecified atom stereocenters. The molecule has 38 valence electrons. The van der Waals surface area contributed by atoms with Gasteiger partial charge in [0.05, 0.1) is 12.0 Å². The van der Waals surface area contributed by atoms with Gasteiger partial charge < -0.3 is 0 Å². The summed E-state index contributed by atoms with van der Waals surface area (Å²) in [5.41, 5.74) is 9.97. The Kier molecular flexibility index (Phi) is 6.06. The molecule has 0 aromatic heterocycles. The molecule has 0 amide bonds. The summed E-state index contributed by atoms with van der Waals surface area (Å²) in [5.74, 6) is 0. The Balaban J connectivity index is 0.000000162. The van der Waals surface area contributed by atoms with E-state index in [-0.39, 0.29) is 0 Å². The molecule has 1 fully saturated rings. The van der Waals surface area contributed by atoms with Crippen molar-refractivity contribution in [2.45, 2.75) is 5.18 Å². The Morgan fingerprint density at radius 1 is 1.57 bits per heavy atom. The minimum absolute atomic E-state index is 0.833. The van der Waals surface area contributed by atoms with Gasteiger partial charge in [0.25, 0.3) is 5.18 Å². The second-order valence-electron chi connectivity index (χ2n) is 0.888. The third kappa shape index (κ3) is 6.48. The van der Waals surface area contributed by atoms with Gasteiger partial charge in [-0.15, -0.1) is 0 Å². The van der Waals surface area contributed by atoms with E-state index in [1.54, 1.807) is 0 Å². The van der Waals surface area contributed by atoms with Crippen molar-refractivity contribution in [1.82, 2.24) is 0 Å². The molecule has 1 saturated heterocycles. The van der Waals surface area contributed by atoms with E-state index in [4.69, 9.17) is 11.5 Å². The van der Waals surface area contributed by atoms with Crippen LogP contribution in [0.1, 0.15) is 0 Å². The maximum atomic E-state index is 4.98. The van der Waals surface area contributed by atoms with Crippen LogP contribution in [-0.4, -0.2) is 47.9 Å². The summed E-state index contributed by atoms with van der Waals surface area (Å²) in [5, 5.41) is -0.833. The zero-order valence-corrected chi connectivity index (χ0v) is 9.95. The van der Waals surface area contributed by atoms with Crippen LogP contribution >= 0.6 is 23.3 Å². The molecule has 4 N–H and O–H groups in total. The van der Waals surface area contributed by atoms with Crippen LogP contribution in [0.15, 0.2) is 0 Å². The Hall–Kier alpha value is 2.60. The van der Waals surface area contributed by atoms with Crippen molar-refractivity contribution in [3.8, 4) is 0 Å². The second-order valence-corrected chi connectivity index (χ2v) is 1.86. The molecule has 1 aliphatic rings. The third-order valence-electron chi connectivity index (χ3n) is 0.276. The van der Waals surface area contributed by atoms with Gasteiger partial charge in [0.2, 0.25) is 0 Å². The molecule has 0 aromatic carbocycles. The van der Waals surface area contributed by atoms with Crippen LogP contribution in [0.4, 0.5) is 0 Å². The molecule has 0 spiro atoms. The van der Waals surface area contributed by atoms with Crippen molar-refractivity contribution in [2.75, 3.05) is 0 Å². The Morgan fingerprint density at radius 2 is 1.71 bits per heavy atom. The van der Waals surface area contributed by atoms with Crippen LogP contribution in [-0.2, 0) is 4.18 Å². The maximum absolute atomic E-state index is 4.98. The quantitative estimate of drug-likeness (QED) is 0.206. The fraction of sp³-hybridized carbons (Fsp3) is 1.00. The first kappa shape index (κ1) is 9.60. The van der Waals surface area contributed by atoms with Gasteiger partial charge >= 0.3 is 54.0 Å². The molecule has 3 nitrogen and oxygen atoms in total. The van der Waals surface area contributed by atoms with E-state index in [9.17, 15) is 0 Å². The predicted octanol–water partition coefficient (Wildman–Crippen LogP) is -0.302. The van der Waals surface area contributed by atoms with Gasteiger partial charge in [-0.2, -0.15) is 0 Å². The first-order chi connectivity index (χ1) is 3.21. The summed E-state index contributed by atoms with van der Waals surface area (Å²) in [4.78, 5) is 0. The second kappa shape index (κ2) is 4.42. The van der Waals surface area contributed by atoms with Gasteiger partial charge in [0.1, 0.15) is 0 Å². The van der Waals surface area contributed by atoms with E-state index < -0.39 is 5.18 Å². The van der Waals surface area contributed by atoms with Gasteiger partial charge in [-0.1, -0.05) is 0 Å². The zero-order valence-electron chi connectivity index (χ0n) is 3.85. The molecule has 0 atom stereocenters. The van der Waals surface area contributed by atoms with E-state index in [2.05, 4.69) is 15.5 Å². The Morgan fingerprint density at radius 3 is 1.71 bits per heavy atom. The number of hydrogen-bond donors (Lipinski definition) is 2. The summed E-state index contributed by atoms with van der Waals surface area (Å²) < 4.78 is 4.37. The number of halogens is 1. The van der Waals surface area contributed by atoms with Crippen molar-refractivity contribution < 1.29 is 4.18 Å². The van der Waals surface area contributed by atoms with Gasteiger partial charge in [-0.25, -0.2) is 0 Å². The van der Waals surface area contributed by atoms with Crippen LogP contribution in [0.3, 0.4) is 0 Å². The first-order valence-electron chi connectivity index (χ1n) is 1.53. The molecule has 7 heavy (non-hydrogen) atoms. The van der Waals surface area contributed by atoms with Crippen LogP contribution < -0.4 is 11.5 Å². The molecular formula is CH4IKN2OS. The Labute approximate surface area is 84.5 Å². The van der Waals surface area contributed by atoms with E-state index in [1.165, 1.54) is 0 Å². The average molecular weight is 258 g/mol. The van der Waals surface area contributed by atoms with Crippen molar-refractivity contribution in [1.29, 1.82) is 0 Å². The van der Waals surface area contributed by atoms with E-state index in [0.717, 1.165) is 54.7 Å². The van der Waals surface area contributed by atoms with Gasteiger partial charge in [-0.05, 0) is 0 Å². The van der Waals surface area contributed by atoms with Crippen molar-refractivity contribution in [3.63, 3.8) is 0 Å². The van der Waals surface area contributed by atoms with Crippen LogP contribution in [0.2, 0.25) is 0 Å². The van der Waals surface area contributed by atoms with Crippen LogP contribution in [0.5, 0.6) is 0 Å². The molecular weight excluding hydrogens is 254 g/mol. The summed E-state index contributed by atoms with van der Waals surface area (Å²) in [6.45, 7) is 0. The monoisotopic (exact) mass is 258 g/mol. The standard InChI is InChI=1S/CH4N2OS.HI.K/c2-1(3)4-5-1;;/h2-3H2;1H;/q;;+1/p-1. The van der Waals surface area contributed by atoms with Gasteiger partial charge in [0, 0.05) is 0 Å². The molecule has 0 saturated carbocycles. The van der Waals surface area contributed by atoms with Gasteiger partial charge in [-0.3, -0.25) is 15.7 Å². The van der Waals surface area contributed by atoms with Gasteiger partial charge in [0.15, 0.2) is 0 Å². The zero-order chi connectivity index (χ0) is 5.91. The summed E-state index contributed by atoms with van der Waals surface area (Å²) in [6.07, 6.45) is 0. The molecule has 6 heteroatoms. The first-order valence-corrected chi connectivity index (χ1v) is 12.3. The van der Waals surface area contributed by atoms with Crippen molar-refractivity contribution in [2.24, 2.45) is 11.5 Å². The summed E-state index contributed by atoms with van der Waals surface area (Å²) in [7, 11) is 0. The van der Waals surface area contributed by atoms with E-state index in [1.807, 2.05) is 0 Å². The minimum atomic E-state index is -0.833. The van der Waals surface area contributed by atoms with E-state index in [0.29, 0.717) is 0 Å². The third-order valence-corrected chi connectivity index (χ3v) is 0.827. The fourth-order valence-corrected chi connectivity index (χ4v) is 0.144. The molecule has 1 heterocycles. The molecule has 0 radical (unpaired) electrons. The molecule has 0 bridgehead atoms. The SMILES string of the molecule is NC1(N)OS1.[K][I]. The number of rotatable bonds is 0. The van der Waals surface area contributed by atoms with Crippen LogP contribution in [0, 0.1) is 0 Å². The number of hydrogen-bond acceptors (Lipinski definition) is 4. The topological polar surface area (TPSA) is 64.6 Å². The Bertz CT molecular complexity index is 55.7. The summed E-state index contributed by atoms with van der Waals surface area (Å²) in [6, 6.07) is 0.